The third kappa shape index (κ3) is 7.09. The van der Waals surface area contributed by atoms with E-state index in [4.69, 9.17) is 10.8 Å². The Balaban J connectivity index is 3.76. The SMILES string of the molecule is CCC(CCO)CNC(=O)[C@H](N)CCSC. The number of carbonyl (C=O) groups excluding carboxylic acids is 1. The van der Waals surface area contributed by atoms with E-state index in [-0.39, 0.29) is 12.5 Å². The molecule has 0 aromatic heterocycles. The Hall–Kier alpha value is -0.260. The molecule has 4 nitrogen and oxygen atoms in total. The van der Waals surface area contributed by atoms with Gasteiger partial charge in [0.1, 0.15) is 0 Å². The van der Waals surface area contributed by atoms with E-state index in [2.05, 4.69) is 12.2 Å². The number of carbonyl (C=O) groups is 1. The molecule has 1 amide bonds. The van der Waals surface area contributed by atoms with Gasteiger partial charge in [-0.1, -0.05) is 13.3 Å². The van der Waals surface area contributed by atoms with Crippen LogP contribution in [0, 0.1) is 5.92 Å². The molecule has 0 aromatic carbocycles. The molecular formula is C11H24N2O2S. The van der Waals surface area contributed by atoms with Gasteiger partial charge < -0.3 is 16.2 Å². The first-order chi connectivity index (χ1) is 7.65. The zero-order chi connectivity index (χ0) is 12.4. The third-order valence-corrected chi connectivity index (χ3v) is 3.29. The van der Waals surface area contributed by atoms with Crippen molar-refractivity contribution in [3.8, 4) is 0 Å². The topological polar surface area (TPSA) is 75.3 Å². The molecule has 2 atom stereocenters. The first-order valence-electron chi connectivity index (χ1n) is 5.78. The van der Waals surface area contributed by atoms with Crippen LogP contribution in [-0.4, -0.2) is 42.2 Å². The van der Waals surface area contributed by atoms with Crippen LogP contribution in [0.2, 0.25) is 0 Å². The molecule has 0 rings (SSSR count). The molecule has 4 N–H and O–H groups in total. The molecule has 1 unspecified atom stereocenters. The fraction of sp³-hybridized carbons (Fsp3) is 0.909. The highest BCUT2D eigenvalue weighted by Gasteiger charge is 2.14. The zero-order valence-corrected chi connectivity index (χ0v) is 11.1. The van der Waals surface area contributed by atoms with Gasteiger partial charge in [0.15, 0.2) is 0 Å². The highest BCUT2D eigenvalue weighted by molar-refractivity contribution is 7.98. The maximum Gasteiger partial charge on any atom is 0.236 e. The zero-order valence-electron chi connectivity index (χ0n) is 10.2. The normalized spacial score (nSPS) is 14.5. The monoisotopic (exact) mass is 248 g/mol. The minimum Gasteiger partial charge on any atom is -0.396 e. The molecule has 0 fully saturated rings. The average Bonchev–Trinajstić information content (AvgIpc) is 2.30. The van der Waals surface area contributed by atoms with Crippen LogP contribution in [0.5, 0.6) is 0 Å². The summed E-state index contributed by atoms with van der Waals surface area (Å²) in [5.74, 6) is 1.18. The lowest BCUT2D eigenvalue weighted by atomic mass is 10.0. The van der Waals surface area contributed by atoms with Gasteiger partial charge >= 0.3 is 0 Å². The smallest absolute Gasteiger partial charge is 0.236 e. The highest BCUT2D eigenvalue weighted by Crippen LogP contribution is 2.06. The van der Waals surface area contributed by atoms with Gasteiger partial charge in [-0.15, -0.1) is 0 Å². The Kier molecular flexibility index (Phi) is 9.77. The standard InChI is InChI=1S/C11H24N2O2S/c1-3-9(4-6-14)8-13-11(15)10(12)5-7-16-2/h9-10,14H,3-8,12H2,1-2H3,(H,13,15)/t9?,10-/m1/s1. The summed E-state index contributed by atoms with van der Waals surface area (Å²) in [5, 5.41) is 11.7. The number of aliphatic hydroxyl groups excluding tert-OH is 1. The maximum atomic E-state index is 11.6. The predicted octanol–water partition coefficient (Wildman–Crippen LogP) is 0.592. The molecule has 0 spiro atoms. The quantitative estimate of drug-likeness (QED) is 0.558. The number of nitrogens with two attached hydrogens (primary N) is 1. The van der Waals surface area contributed by atoms with Gasteiger partial charge in [0.2, 0.25) is 5.91 Å². The molecule has 0 aliphatic rings. The summed E-state index contributed by atoms with van der Waals surface area (Å²) in [6, 6.07) is -0.404. The van der Waals surface area contributed by atoms with Crippen LogP contribution in [-0.2, 0) is 4.79 Å². The van der Waals surface area contributed by atoms with Crippen LogP contribution in [0.1, 0.15) is 26.2 Å². The van der Waals surface area contributed by atoms with Crippen molar-refractivity contribution in [1.29, 1.82) is 0 Å². The second kappa shape index (κ2) is 9.93. The van der Waals surface area contributed by atoms with Crippen molar-refractivity contribution < 1.29 is 9.90 Å². The van der Waals surface area contributed by atoms with E-state index in [0.29, 0.717) is 18.9 Å². The van der Waals surface area contributed by atoms with E-state index in [9.17, 15) is 4.79 Å². The van der Waals surface area contributed by atoms with E-state index in [1.807, 2.05) is 6.26 Å². The van der Waals surface area contributed by atoms with Crippen LogP contribution < -0.4 is 11.1 Å². The molecular weight excluding hydrogens is 224 g/mol. The lowest BCUT2D eigenvalue weighted by Crippen LogP contribution is -2.42. The van der Waals surface area contributed by atoms with Crippen LogP contribution in [0.4, 0.5) is 0 Å². The van der Waals surface area contributed by atoms with Gasteiger partial charge in [-0.05, 0) is 30.8 Å². The minimum absolute atomic E-state index is 0.0783. The molecule has 96 valence electrons. The van der Waals surface area contributed by atoms with Gasteiger partial charge in [0, 0.05) is 13.2 Å². The van der Waals surface area contributed by atoms with Gasteiger partial charge in [0.05, 0.1) is 6.04 Å². The van der Waals surface area contributed by atoms with Crippen molar-refractivity contribution in [2.45, 2.75) is 32.2 Å². The largest absolute Gasteiger partial charge is 0.396 e. The first kappa shape index (κ1) is 15.7. The second-order valence-corrected chi connectivity index (χ2v) is 4.91. The van der Waals surface area contributed by atoms with E-state index in [1.54, 1.807) is 11.8 Å². The van der Waals surface area contributed by atoms with Crippen molar-refractivity contribution >= 4 is 17.7 Å². The fourth-order valence-electron chi connectivity index (χ4n) is 1.39. The fourth-order valence-corrected chi connectivity index (χ4v) is 1.87. The van der Waals surface area contributed by atoms with Crippen molar-refractivity contribution in [3.05, 3.63) is 0 Å². The maximum absolute atomic E-state index is 11.6. The number of hydrogen-bond acceptors (Lipinski definition) is 4. The first-order valence-corrected chi connectivity index (χ1v) is 7.18. The number of nitrogens with one attached hydrogen (secondary N) is 1. The van der Waals surface area contributed by atoms with E-state index < -0.39 is 6.04 Å². The number of aliphatic hydroxyl groups is 1. The molecule has 0 saturated heterocycles. The number of amides is 1. The summed E-state index contributed by atoms with van der Waals surface area (Å²) < 4.78 is 0. The van der Waals surface area contributed by atoms with E-state index >= 15 is 0 Å². The van der Waals surface area contributed by atoms with Crippen molar-refractivity contribution in [2.24, 2.45) is 11.7 Å². The minimum atomic E-state index is -0.404. The summed E-state index contributed by atoms with van der Waals surface area (Å²) in [5.41, 5.74) is 5.73. The molecule has 16 heavy (non-hydrogen) atoms. The Morgan fingerprint density at radius 1 is 1.50 bits per heavy atom. The van der Waals surface area contributed by atoms with E-state index in [0.717, 1.165) is 18.6 Å². The molecule has 0 bridgehead atoms. The van der Waals surface area contributed by atoms with Crippen LogP contribution in [0.3, 0.4) is 0 Å². The molecule has 0 radical (unpaired) electrons. The molecule has 0 aliphatic carbocycles. The van der Waals surface area contributed by atoms with Gasteiger partial charge in [0.25, 0.3) is 0 Å². The highest BCUT2D eigenvalue weighted by atomic mass is 32.2. The van der Waals surface area contributed by atoms with Gasteiger partial charge in [-0.2, -0.15) is 11.8 Å². The summed E-state index contributed by atoms with van der Waals surface area (Å²) in [7, 11) is 0. The third-order valence-electron chi connectivity index (χ3n) is 2.65. The molecule has 5 heteroatoms. The Morgan fingerprint density at radius 2 is 2.19 bits per heavy atom. The predicted molar refractivity (Wildman–Crippen MR) is 69.5 cm³/mol. The lowest BCUT2D eigenvalue weighted by molar-refractivity contribution is -0.122. The molecule has 0 aromatic rings. The summed E-state index contributed by atoms with van der Waals surface area (Å²) in [6.45, 7) is 2.84. The van der Waals surface area contributed by atoms with Gasteiger partial charge in [-0.3, -0.25) is 4.79 Å². The summed E-state index contributed by atoms with van der Waals surface area (Å²) >= 11 is 1.69. The number of hydrogen-bond donors (Lipinski definition) is 3. The number of rotatable bonds is 9. The lowest BCUT2D eigenvalue weighted by Gasteiger charge is -2.16. The van der Waals surface area contributed by atoms with Crippen LogP contribution in [0.15, 0.2) is 0 Å². The van der Waals surface area contributed by atoms with Crippen molar-refractivity contribution in [2.75, 3.05) is 25.2 Å². The number of thioether (sulfide) groups is 1. The average molecular weight is 248 g/mol. The van der Waals surface area contributed by atoms with Gasteiger partial charge in [-0.25, -0.2) is 0 Å². The Morgan fingerprint density at radius 3 is 2.69 bits per heavy atom. The van der Waals surface area contributed by atoms with Crippen LogP contribution in [0.25, 0.3) is 0 Å². The Bertz CT molecular complexity index is 191. The summed E-state index contributed by atoms with van der Waals surface area (Å²) in [6.07, 6.45) is 4.40. The molecule has 0 saturated carbocycles. The van der Waals surface area contributed by atoms with Crippen molar-refractivity contribution in [1.82, 2.24) is 5.32 Å². The van der Waals surface area contributed by atoms with E-state index in [1.165, 1.54) is 0 Å². The Labute approximate surface area is 102 Å². The summed E-state index contributed by atoms with van der Waals surface area (Å²) in [4.78, 5) is 11.6. The molecule has 0 aliphatic heterocycles. The molecule has 0 heterocycles. The van der Waals surface area contributed by atoms with Crippen LogP contribution >= 0.6 is 11.8 Å². The van der Waals surface area contributed by atoms with Crippen molar-refractivity contribution in [3.63, 3.8) is 0 Å². The second-order valence-electron chi connectivity index (χ2n) is 3.92.